The summed E-state index contributed by atoms with van der Waals surface area (Å²) >= 11 is 5.28. The number of hydrogen-bond acceptors (Lipinski definition) is 3. The Labute approximate surface area is 145 Å². The zero-order valence-corrected chi connectivity index (χ0v) is 15.5. The second-order valence-corrected chi connectivity index (χ2v) is 8.00. The van der Waals surface area contributed by atoms with E-state index in [4.69, 9.17) is 5.73 Å². The summed E-state index contributed by atoms with van der Waals surface area (Å²) < 4.78 is 1.10. The summed E-state index contributed by atoms with van der Waals surface area (Å²) in [6.45, 7) is 0.690. The van der Waals surface area contributed by atoms with Gasteiger partial charge in [0, 0.05) is 16.4 Å². The van der Waals surface area contributed by atoms with Crippen LogP contribution in [0, 0.1) is 0 Å². The molecule has 1 aromatic rings. The molecule has 0 spiro atoms. The van der Waals surface area contributed by atoms with Gasteiger partial charge in [0.25, 0.3) is 0 Å². The molecule has 1 aliphatic carbocycles. The van der Waals surface area contributed by atoms with E-state index >= 15 is 0 Å². The summed E-state index contributed by atoms with van der Waals surface area (Å²) in [4.78, 5) is 12.2. The Bertz CT molecular complexity index is 503. The summed E-state index contributed by atoms with van der Waals surface area (Å²) in [5, 5.41) is 3.10. The zero-order chi connectivity index (χ0) is 16.0. The first-order valence-electron chi connectivity index (χ1n) is 7.86. The van der Waals surface area contributed by atoms with Gasteiger partial charge in [0.2, 0.25) is 5.91 Å². The second-order valence-electron chi connectivity index (χ2n) is 6.10. The number of carbonyl (C=O) groups is 1. The van der Waals surface area contributed by atoms with Gasteiger partial charge in [-0.05, 0) is 49.0 Å². The molecule has 0 aromatic heterocycles. The number of carbonyl (C=O) groups excluding carboxylic acids is 1. The van der Waals surface area contributed by atoms with Gasteiger partial charge in [-0.1, -0.05) is 40.9 Å². The highest BCUT2D eigenvalue weighted by atomic mass is 79.9. The Kier molecular flexibility index (Phi) is 6.78. The van der Waals surface area contributed by atoms with E-state index in [1.807, 2.05) is 12.3 Å². The lowest BCUT2D eigenvalue weighted by molar-refractivity contribution is -0.122. The summed E-state index contributed by atoms with van der Waals surface area (Å²) in [6.07, 6.45) is 7.47. The van der Waals surface area contributed by atoms with E-state index in [1.54, 1.807) is 11.8 Å². The number of benzene rings is 1. The standard InChI is InChI=1S/C17H25BrN2OS/c1-22-10-7-15(19)16(21)20-12-17(8-2-3-9-17)13-5-4-6-14(18)11-13/h4-6,11,15H,2-3,7-10,12,19H2,1H3,(H,20,21). The fourth-order valence-electron chi connectivity index (χ4n) is 3.20. The lowest BCUT2D eigenvalue weighted by Gasteiger charge is -2.30. The molecule has 1 unspecified atom stereocenters. The summed E-state index contributed by atoms with van der Waals surface area (Å²) in [7, 11) is 0. The van der Waals surface area contributed by atoms with E-state index in [0.717, 1.165) is 29.5 Å². The van der Waals surface area contributed by atoms with Crippen LogP contribution in [0.25, 0.3) is 0 Å². The molecule has 3 nitrogen and oxygen atoms in total. The van der Waals surface area contributed by atoms with E-state index in [2.05, 4.69) is 39.4 Å². The average Bonchev–Trinajstić information content (AvgIpc) is 3.00. The van der Waals surface area contributed by atoms with Crippen molar-refractivity contribution >= 4 is 33.6 Å². The van der Waals surface area contributed by atoms with Crippen molar-refractivity contribution in [2.75, 3.05) is 18.6 Å². The molecule has 122 valence electrons. The quantitative estimate of drug-likeness (QED) is 0.756. The molecular weight excluding hydrogens is 360 g/mol. The first-order chi connectivity index (χ1) is 10.6. The molecular formula is C17H25BrN2OS. The van der Waals surface area contributed by atoms with Crippen LogP contribution in [0.15, 0.2) is 28.7 Å². The summed E-state index contributed by atoms with van der Waals surface area (Å²) in [5.41, 5.74) is 7.35. The van der Waals surface area contributed by atoms with E-state index in [9.17, 15) is 4.79 Å². The fourth-order valence-corrected chi connectivity index (χ4v) is 4.09. The molecule has 0 saturated heterocycles. The molecule has 1 aliphatic rings. The molecule has 0 aliphatic heterocycles. The third-order valence-electron chi connectivity index (χ3n) is 4.57. The average molecular weight is 385 g/mol. The van der Waals surface area contributed by atoms with E-state index < -0.39 is 6.04 Å². The van der Waals surface area contributed by atoms with E-state index in [0.29, 0.717) is 6.54 Å². The minimum absolute atomic E-state index is 0.0182. The molecule has 1 saturated carbocycles. The van der Waals surface area contributed by atoms with Gasteiger partial charge in [0.15, 0.2) is 0 Å². The van der Waals surface area contributed by atoms with Crippen LogP contribution in [0.4, 0.5) is 0 Å². The van der Waals surface area contributed by atoms with Crippen molar-refractivity contribution in [3.63, 3.8) is 0 Å². The van der Waals surface area contributed by atoms with Gasteiger partial charge in [-0.2, -0.15) is 11.8 Å². The van der Waals surface area contributed by atoms with Crippen molar-refractivity contribution in [2.45, 2.75) is 43.6 Å². The van der Waals surface area contributed by atoms with Gasteiger partial charge in [-0.15, -0.1) is 0 Å². The van der Waals surface area contributed by atoms with Crippen molar-refractivity contribution in [3.8, 4) is 0 Å². The number of thioether (sulfide) groups is 1. The third-order valence-corrected chi connectivity index (χ3v) is 5.71. The molecule has 22 heavy (non-hydrogen) atoms. The number of amides is 1. The van der Waals surface area contributed by atoms with E-state index in [-0.39, 0.29) is 11.3 Å². The predicted octanol–water partition coefficient (Wildman–Crippen LogP) is 3.46. The number of hydrogen-bond donors (Lipinski definition) is 2. The minimum Gasteiger partial charge on any atom is -0.354 e. The van der Waals surface area contributed by atoms with Crippen LogP contribution < -0.4 is 11.1 Å². The Morgan fingerprint density at radius 2 is 2.18 bits per heavy atom. The Hall–Kier alpha value is -0.520. The molecule has 3 N–H and O–H groups in total. The van der Waals surface area contributed by atoms with Gasteiger partial charge < -0.3 is 11.1 Å². The maximum Gasteiger partial charge on any atom is 0.236 e. The molecule has 0 heterocycles. The smallest absolute Gasteiger partial charge is 0.236 e. The summed E-state index contributed by atoms with van der Waals surface area (Å²) in [5.74, 6) is 0.904. The van der Waals surface area contributed by atoms with Crippen LogP contribution in [0.5, 0.6) is 0 Å². The molecule has 5 heteroatoms. The van der Waals surface area contributed by atoms with Crippen LogP contribution >= 0.6 is 27.7 Å². The second kappa shape index (κ2) is 8.37. The largest absolute Gasteiger partial charge is 0.354 e. The van der Waals surface area contributed by atoms with Gasteiger partial charge >= 0.3 is 0 Å². The number of nitrogens with one attached hydrogen (secondary N) is 1. The van der Waals surface area contributed by atoms with Gasteiger partial charge in [-0.25, -0.2) is 0 Å². The lowest BCUT2D eigenvalue weighted by Crippen LogP contribution is -2.46. The van der Waals surface area contributed by atoms with Crippen LogP contribution in [-0.4, -0.2) is 30.5 Å². The first-order valence-corrected chi connectivity index (χ1v) is 10.0. The van der Waals surface area contributed by atoms with Gasteiger partial charge in [0.05, 0.1) is 6.04 Å². The van der Waals surface area contributed by atoms with Gasteiger partial charge in [-0.3, -0.25) is 4.79 Å². The molecule has 1 amide bonds. The molecule has 1 fully saturated rings. The minimum atomic E-state index is -0.395. The monoisotopic (exact) mass is 384 g/mol. The molecule has 1 aromatic carbocycles. The van der Waals surface area contributed by atoms with Crippen molar-refractivity contribution in [2.24, 2.45) is 5.73 Å². The predicted molar refractivity (Wildman–Crippen MR) is 98.3 cm³/mol. The van der Waals surface area contributed by atoms with Crippen LogP contribution in [0.1, 0.15) is 37.7 Å². The van der Waals surface area contributed by atoms with Crippen molar-refractivity contribution in [1.82, 2.24) is 5.32 Å². The Morgan fingerprint density at radius 3 is 2.82 bits per heavy atom. The van der Waals surface area contributed by atoms with E-state index in [1.165, 1.54) is 18.4 Å². The normalized spacial score (nSPS) is 18.1. The first kappa shape index (κ1) is 17.8. The zero-order valence-electron chi connectivity index (χ0n) is 13.1. The SMILES string of the molecule is CSCCC(N)C(=O)NCC1(c2cccc(Br)c2)CCCC1. The molecule has 0 bridgehead atoms. The van der Waals surface area contributed by atoms with Crippen LogP contribution in [0.3, 0.4) is 0 Å². The van der Waals surface area contributed by atoms with Crippen molar-refractivity contribution in [3.05, 3.63) is 34.3 Å². The highest BCUT2D eigenvalue weighted by molar-refractivity contribution is 9.10. The van der Waals surface area contributed by atoms with Crippen LogP contribution in [-0.2, 0) is 10.2 Å². The summed E-state index contributed by atoms with van der Waals surface area (Å²) in [6, 6.07) is 8.09. The Morgan fingerprint density at radius 1 is 1.45 bits per heavy atom. The van der Waals surface area contributed by atoms with Crippen molar-refractivity contribution in [1.29, 1.82) is 0 Å². The highest BCUT2D eigenvalue weighted by Gasteiger charge is 2.36. The Balaban J connectivity index is 2.02. The number of nitrogens with two attached hydrogens (primary N) is 1. The molecule has 2 rings (SSSR count). The topological polar surface area (TPSA) is 55.1 Å². The number of rotatable bonds is 7. The van der Waals surface area contributed by atoms with Crippen LogP contribution in [0.2, 0.25) is 0 Å². The maximum atomic E-state index is 12.2. The lowest BCUT2D eigenvalue weighted by atomic mass is 9.79. The number of halogens is 1. The third kappa shape index (κ3) is 4.49. The molecule has 0 radical (unpaired) electrons. The molecule has 1 atom stereocenters. The van der Waals surface area contributed by atoms with Crippen molar-refractivity contribution < 1.29 is 4.79 Å². The maximum absolute atomic E-state index is 12.2. The highest BCUT2D eigenvalue weighted by Crippen LogP contribution is 2.41. The fraction of sp³-hybridized carbons (Fsp3) is 0.588. The van der Waals surface area contributed by atoms with Gasteiger partial charge in [0.1, 0.15) is 0 Å².